The Morgan fingerprint density at radius 2 is 1.89 bits per heavy atom. The van der Waals surface area contributed by atoms with Crippen LogP contribution in [0.15, 0.2) is 94.9 Å². The molecule has 6 nitrogen and oxygen atoms in total. The standard InChI is InChI=1S/C29H28BrClN2O4/c1-2-16-29(28(35)32-19-20-8-12-22(31)13-9-20)26(24-6-3-4-7-25(24)30)37-27(33-29)21-10-14-23(15-11-21)36-18-5-17-34/h2-4,6-15,26,34H,1,5,16-19H2,(H,32,35)/t26-,29-/m1/s1. The molecule has 2 N–H and O–H groups in total. The average molecular weight is 584 g/mol. The normalized spacial score (nSPS) is 18.6. The first-order valence-electron chi connectivity index (χ1n) is 12.0. The molecule has 0 unspecified atom stereocenters. The second-order valence-electron chi connectivity index (χ2n) is 8.61. The first-order valence-corrected chi connectivity index (χ1v) is 13.1. The Kier molecular flexibility index (Phi) is 9.03. The van der Waals surface area contributed by atoms with Gasteiger partial charge < -0.3 is 19.9 Å². The van der Waals surface area contributed by atoms with Gasteiger partial charge in [0.15, 0.2) is 11.6 Å². The topological polar surface area (TPSA) is 80.2 Å². The third-order valence-corrected chi connectivity index (χ3v) is 7.01. The lowest BCUT2D eigenvalue weighted by atomic mass is 9.84. The highest BCUT2D eigenvalue weighted by molar-refractivity contribution is 9.10. The van der Waals surface area contributed by atoms with Crippen molar-refractivity contribution in [2.24, 2.45) is 4.99 Å². The van der Waals surface area contributed by atoms with E-state index in [4.69, 9.17) is 31.2 Å². The van der Waals surface area contributed by atoms with Gasteiger partial charge in [0.1, 0.15) is 5.75 Å². The number of benzene rings is 3. The summed E-state index contributed by atoms with van der Waals surface area (Å²) in [4.78, 5) is 18.7. The number of nitrogens with zero attached hydrogens (tertiary/aromatic N) is 1. The van der Waals surface area contributed by atoms with Crippen molar-refractivity contribution in [2.75, 3.05) is 13.2 Å². The van der Waals surface area contributed by atoms with Crippen LogP contribution in [-0.2, 0) is 16.1 Å². The highest BCUT2D eigenvalue weighted by Crippen LogP contribution is 2.44. The maximum absolute atomic E-state index is 13.8. The molecule has 1 amide bonds. The average Bonchev–Trinajstić information content (AvgIpc) is 3.29. The maximum Gasteiger partial charge on any atom is 0.252 e. The molecule has 3 aromatic carbocycles. The third-order valence-electron chi connectivity index (χ3n) is 6.04. The number of halogens is 2. The molecule has 0 spiro atoms. The molecule has 0 fully saturated rings. The van der Waals surface area contributed by atoms with Crippen LogP contribution in [0.25, 0.3) is 0 Å². The molecule has 37 heavy (non-hydrogen) atoms. The Hall–Kier alpha value is -3.13. The van der Waals surface area contributed by atoms with E-state index >= 15 is 0 Å². The summed E-state index contributed by atoms with van der Waals surface area (Å²) in [5.74, 6) is 0.782. The molecule has 4 rings (SSSR count). The van der Waals surface area contributed by atoms with E-state index in [-0.39, 0.29) is 18.9 Å². The van der Waals surface area contributed by atoms with Gasteiger partial charge in [0, 0.05) is 46.6 Å². The van der Waals surface area contributed by atoms with E-state index in [2.05, 4.69) is 27.8 Å². The second-order valence-corrected chi connectivity index (χ2v) is 9.90. The molecule has 1 aliphatic rings. The summed E-state index contributed by atoms with van der Waals surface area (Å²) in [5.41, 5.74) is 1.20. The molecule has 2 atom stereocenters. The molecule has 8 heteroatoms. The summed E-state index contributed by atoms with van der Waals surface area (Å²) < 4.78 is 12.9. The second kappa shape index (κ2) is 12.4. The van der Waals surface area contributed by atoms with Gasteiger partial charge in [0.2, 0.25) is 5.90 Å². The first-order chi connectivity index (χ1) is 18.0. The van der Waals surface area contributed by atoms with Crippen LogP contribution in [0.3, 0.4) is 0 Å². The van der Waals surface area contributed by atoms with E-state index in [0.29, 0.717) is 36.2 Å². The van der Waals surface area contributed by atoms with E-state index in [9.17, 15) is 4.79 Å². The first kappa shape index (κ1) is 26.9. The Balaban J connectivity index is 1.67. The smallest absolute Gasteiger partial charge is 0.252 e. The van der Waals surface area contributed by atoms with Crippen LogP contribution in [-0.4, -0.2) is 35.7 Å². The van der Waals surface area contributed by atoms with Gasteiger partial charge in [0.25, 0.3) is 5.91 Å². The number of aliphatic hydroxyl groups excluding tert-OH is 1. The predicted molar refractivity (Wildman–Crippen MR) is 149 cm³/mol. The molecule has 0 radical (unpaired) electrons. The Bertz CT molecular complexity index is 1260. The van der Waals surface area contributed by atoms with E-state index in [1.807, 2.05) is 60.7 Å². The zero-order valence-corrected chi connectivity index (χ0v) is 22.5. The predicted octanol–water partition coefficient (Wildman–Crippen LogP) is 6.01. The molecule has 0 bridgehead atoms. The van der Waals surface area contributed by atoms with Gasteiger partial charge in [0.05, 0.1) is 6.61 Å². The van der Waals surface area contributed by atoms with Crippen molar-refractivity contribution in [2.45, 2.75) is 31.0 Å². The summed E-state index contributed by atoms with van der Waals surface area (Å²) in [5, 5.41) is 12.6. The van der Waals surface area contributed by atoms with Crippen LogP contribution < -0.4 is 10.1 Å². The number of carbonyl (C=O) groups excluding carboxylic acids is 1. The SMILES string of the molecule is C=CC[C@@]1(C(=O)NCc2ccc(Cl)cc2)N=C(c2ccc(OCCCO)cc2)O[C@@H]1c1ccccc1Br. The van der Waals surface area contributed by atoms with Crippen molar-refractivity contribution in [1.29, 1.82) is 0 Å². The van der Waals surface area contributed by atoms with Gasteiger partial charge in [-0.3, -0.25) is 4.79 Å². The number of aliphatic hydroxyl groups is 1. The number of rotatable bonds is 11. The lowest BCUT2D eigenvalue weighted by Crippen LogP contribution is -2.47. The summed E-state index contributed by atoms with van der Waals surface area (Å²) in [6.45, 7) is 4.73. The number of hydrogen-bond donors (Lipinski definition) is 2. The largest absolute Gasteiger partial charge is 0.494 e. The molecule has 1 aliphatic heterocycles. The molecule has 3 aromatic rings. The van der Waals surface area contributed by atoms with Crippen LogP contribution in [0.2, 0.25) is 5.02 Å². The number of aliphatic imine (C=N–C) groups is 1. The fourth-order valence-corrected chi connectivity index (χ4v) is 4.76. The fraction of sp³-hybridized carbons (Fsp3) is 0.241. The lowest BCUT2D eigenvalue weighted by molar-refractivity contribution is -0.129. The summed E-state index contributed by atoms with van der Waals surface area (Å²) in [7, 11) is 0. The number of hydrogen-bond acceptors (Lipinski definition) is 5. The molecule has 0 aromatic heterocycles. The summed E-state index contributed by atoms with van der Waals surface area (Å²) in [6, 6.07) is 22.3. The van der Waals surface area contributed by atoms with Crippen molar-refractivity contribution < 1.29 is 19.4 Å². The van der Waals surface area contributed by atoms with Crippen molar-refractivity contribution in [3.8, 4) is 5.75 Å². The Morgan fingerprint density at radius 1 is 1.16 bits per heavy atom. The Labute approximate surface area is 230 Å². The minimum atomic E-state index is -1.26. The van der Waals surface area contributed by atoms with Gasteiger partial charge >= 0.3 is 0 Å². The third kappa shape index (κ3) is 6.24. The maximum atomic E-state index is 13.8. The molecule has 0 aliphatic carbocycles. The minimum Gasteiger partial charge on any atom is -0.494 e. The quantitative estimate of drug-likeness (QED) is 0.214. The van der Waals surface area contributed by atoms with E-state index in [1.165, 1.54) is 0 Å². The minimum absolute atomic E-state index is 0.0740. The number of amides is 1. The Morgan fingerprint density at radius 3 is 2.57 bits per heavy atom. The van der Waals surface area contributed by atoms with Gasteiger partial charge in [-0.25, -0.2) is 4.99 Å². The highest BCUT2D eigenvalue weighted by atomic mass is 79.9. The van der Waals surface area contributed by atoms with Crippen molar-refractivity contribution >= 4 is 39.3 Å². The fourth-order valence-electron chi connectivity index (χ4n) is 4.14. The van der Waals surface area contributed by atoms with Crippen LogP contribution in [0.4, 0.5) is 0 Å². The molecule has 1 heterocycles. The molecular weight excluding hydrogens is 556 g/mol. The van der Waals surface area contributed by atoms with Crippen molar-refractivity contribution in [1.82, 2.24) is 5.32 Å². The van der Waals surface area contributed by atoms with Crippen LogP contribution >= 0.6 is 27.5 Å². The van der Waals surface area contributed by atoms with Crippen LogP contribution in [0, 0.1) is 0 Å². The van der Waals surface area contributed by atoms with Gasteiger partial charge in [-0.05, 0) is 48.0 Å². The zero-order chi connectivity index (χ0) is 26.3. The molecular formula is C29H28BrClN2O4. The van der Waals surface area contributed by atoms with Crippen molar-refractivity contribution in [3.63, 3.8) is 0 Å². The van der Waals surface area contributed by atoms with Gasteiger partial charge in [-0.1, -0.05) is 63.9 Å². The van der Waals surface area contributed by atoms with Crippen LogP contribution in [0.1, 0.15) is 35.6 Å². The number of carbonyl (C=O) groups is 1. The van der Waals surface area contributed by atoms with Gasteiger partial charge in [-0.2, -0.15) is 0 Å². The summed E-state index contributed by atoms with van der Waals surface area (Å²) >= 11 is 9.62. The zero-order valence-electron chi connectivity index (χ0n) is 20.2. The van der Waals surface area contributed by atoms with E-state index in [1.54, 1.807) is 18.2 Å². The molecule has 192 valence electrons. The van der Waals surface area contributed by atoms with Crippen molar-refractivity contribution in [3.05, 3.63) is 112 Å². The monoisotopic (exact) mass is 582 g/mol. The summed E-state index contributed by atoms with van der Waals surface area (Å²) in [6.07, 6.45) is 1.85. The van der Waals surface area contributed by atoms with E-state index < -0.39 is 11.6 Å². The van der Waals surface area contributed by atoms with Gasteiger partial charge in [-0.15, -0.1) is 6.58 Å². The van der Waals surface area contributed by atoms with E-state index in [0.717, 1.165) is 21.2 Å². The lowest BCUT2D eigenvalue weighted by Gasteiger charge is -2.30. The number of nitrogens with one attached hydrogen (secondary N) is 1. The highest BCUT2D eigenvalue weighted by Gasteiger charge is 2.52. The number of ether oxygens (including phenoxy) is 2. The molecule has 0 saturated heterocycles. The van der Waals surface area contributed by atoms with Crippen LogP contribution in [0.5, 0.6) is 5.75 Å². The molecule has 0 saturated carbocycles.